The van der Waals surface area contributed by atoms with Gasteiger partial charge in [-0.05, 0) is 99.9 Å². The van der Waals surface area contributed by atoms with Gasteiger partial charge in [0.15, 0.2) is 0 Å². The first kappa shape index (κ1) is 41.3. The van der Waals surface area contributed by atoms with Gasteiger partial charge in [-0.2, -0.15) is 0 Å². The van der Waals surface area contributed by atoms with Gasteiger partial charge in [0.25, 0.3) is 0 Å². The minimum Gasteiger partial charge on any atom is -0.494 e. The molecule has 54 heavy (non-hydrogen) atoms. The lowest BCUT2D eigenvalue weighted by molar-refractivity contribution is -0.153. The van der Waals surface area contributed by atoms with Crippen LogP contribution in [-0.4, -0.2) is 90.2 Å². The number of carbonyl (C=O) groups excluding carboxylic acids is 4. The van der Waals surface area contributed by atoms with Gasteiger partial charge in [0, 0.05) is 19.4 Å². The lowest BCUT2D eigenvalue weighted by Gasteiger charge is -2.36. The van der Waals surface area contributed by atoms with Gasteiger partial charge in [-0.15, -0.1) is 0 Å². The van der Waals surface area contributed by atoms with Crippen molar-refractivity contribution in [2.75, 3.05) is 26.4 Å². The molecule has 1 fully saturated rings. The molecule has 0 unspecified atom stereocenters. The number of likely N-dealkylation sites (tertiary alicyclic amines) is 1. The first-order chi connectivity index (χ1) is 26.1. The van der Waals surface area contributed by atoms with E-state index in [0.717, 1.165) is 11.1 Å². The van der Waals surface area contributed by atoms with Gasteiger partial charge in [0.05, 0.1) is 31.4 Å². The monoisotopic (exact) mass is 744 g/mol. The summed E-state index contributed by atoms with van der Waals surface area (Å²) in [5.74, 6) is -1.92. The fraction of sp³-hybridized carbons (Fsp3) is 0.439. The first-order valence-electron chi connectivity index (χ1n) is 18.6. The van der Waals surface area contributed by atoms with Crippen LogP contribution in [0.5, 0.6) is 11.5 Å². The summed E-state index contributed by atoms with van der Waals surface area (Å²) in [7, 11) is 0. The minimum atomic E-state index is -1.12. The molecule has 13 heteroatoms. The number of nitrogens with two attached hydrogens (primary N) is 1. The standard InChI is InChI=1S/C41H52N4O9/c1-3-52-31-20-16-28(17-21-31)26-34(43-37(46)33(42)14-9-11-25-54-41(51)30-12-6-5-7-13-30)38(47)44-35(27-29-18-22-32(23-19-29)53-4-2)39(48)45-24-10-8-15-36(45)40(49)50/h5-7,12-13,16-23,33-36H,3-4,8-11,14-15,24-27,42H2,1-2H3,(H,43,46)(H,44,47)(H,49,50)/t33-,34-,35-,36+/m0/s1. The van der Waals surface area contributed by atoms with Crippen molar-refractivity contribution in [1.82, 2.24) is 15.5 Å². The van der Waals surface area contributed by atoms with Crippen LogP contribution in [0, 0.1) is 0 Å². The number of esters is 1. The zero-order valence-electron chi connectivity index (χ0n) is 31.0. The number of nitrogens with one attached hydrogen (secondary N) is 2. The fourth-order valence-electron chi connectivity index (χ4n) is 6.28. The lowest BCUT2D eigenvalue weighted by Crippen LogP contribution is -2.59. The summed E-state index contributed by atoms with van der Waals surface area (Å²) in [5, 5.41) is 15.6. The van der Waals surface area contributed by atoms with Crippen molar-refractivity contribution in [3.63, 3.8) is 0 Å². The highest BCUT2D eigenvalue weighted by atomic mass is 16.5. The Bertz CT molecular complexity index is 1670. The topological polar surface area (TPSA) is 187 Å². The summed E-state index contributed by atoms with van der Waals surface area (Å²) in [6, 6.07) is 18.7. The lowest BCUT2D eigenvalue weighted by atomic mass is 9.98. The molecular weight excluding hydrogens is 692 g/mol. The predicted octanol–water partition coefficient (Wildman–Crippen LogP) is 4.06. The second kappa shape index (κ2) is 21.3. The number of carbonyl (C=O) groups is 5. The van der Waals surface area contributed by atoms with Crippen molar-refractivity contribution in [2.24, 2.45) is 5.73 Å². The Morgan fingerprint density at radius 2 is 1.35 bits per heavy atom. The normalized spacial score (nSPS) is 15.6. The number of nitrogens with zero attached hydrogens (tertiary/aromatic N) is 1. The van der Waals surface area contributed by atoms with Gasteiger partial charge in [0.1, 0.15) is 29.6 Å². The summed E-state index contributed by atoms with van der Waals surface area (Å²) in [6.07, 6.45) is 3.04. The zero-order chi connectivity index (χ0) is 38.9. The maximum atomic E-state index is 14.2. The van der Waals surface area contributed by atoms with Gasteiger partial charge in [-0.25, -0.2) is 9.59 Å². The number of benzene rings is 3. The first-order valence-corrected chi connectivity index (χ1v) is 18.6. The van der Waals surface area contributed by atoms with E-state index >= 15 is 0 Å². The summed E-state index contributed by atoms with van der Waals surface area (Å²) >= 11 is 0. The molecule has 290 valence electrons. The molecule has 13 nitrogen and oxygen atoms in total. The van der Waals surface area contributed by atoms with Gasteiger partial charge >= 0.3 is 11.9 Å². The number of aliphatic carboxylic acids is 1. The van der Waals surface area contributed by atoms with E-state index in [1.54, 1.807) is 72.8 Å². The smallest absolute Gasteiger partial charge is 0.338 e. The summed E-state index contributed by atoms with van der Waals surface area (Å²) in [5.41, 5.74) is 8.18. The summed E-state index contributed by atoms with van der Waals surface area (Å²) in [6.45, 7) is 5.12. The highest BCUT2D eigenvalue weighted by Crippen LogP contribution is 2.21. The number of hydrogen-bond donors (Lipinski definition) is 4. The van der Waals surface area contributed by atoms with Crippen LogP contribution >= 0.6 is 0 Å². The molecule has 4 rings (SSSR count). The number of carboxylic acid groups (broad SMARTS) is 1. The van der Waals surface area contributed by atoms with E-state index in [0.29, 0.717) is 62.4 Å². The van der Waals surface area contributed by atoms with Gasteiger partial charge in [-0.1, -0.05) is 42.5 Å². The van der Waals surface area contributed by atoms with Gasteiger partial charge in [-0.3, -0.25) is 14.4 Å². The fourth-order valence-corrected chi connectivity index (χ4v) is 6.28. The minimum absolute atomic E-state index is 0.0809. The SMILES string of the molecule is CCOc1ccc(C[C@H](NC(=O)[C@@H](N)CCCCOC(=O)c2ccccc2)C(=O)N[C@@H](Cc2ccc(OCC)cc2)C(=O)N2CCCC[C@@H]2C(=O)O)cc1. The van der Waals surface area contributed by atoms with Crippen molar-refractivity contribution < 1.29 is 43.3 Å². The third-order valence-corrected chi connectivity index (χ3v) is 9.16. The molecule has 5 N–H and O–H groups in total. The van der Waals surface area contributed by atoms with Crippen LogP contribution in [0.25, 0.3) is 0 Å². The molecule has 0 aromatic heterocycles. The number of hydrogen-bond acceptors (Lipinski definition) is 9. The Morgan fingerprint density at radius 1 is 0.778 bits per heavy atom. The van der Waals surface area contributed by atoms with E-state index in [1.165, 1.54) is 4.90 Å². The van der Waals surface area contributed by atoms with E-state index in [4.69, 9.17) is 19.9 Å². The number of rotatable bonds is 20. The van der Waals surface area contributed by atoms with E-state index in [2.05, 4.69) is 10.6 Å². The molecule has 0 radical (unpaired) electrons. The Labute approximate surface area is 316 Å². The summed E-state index contributed by atoms with van der Waals surface area (Å²) in [4.78, 5) is 67.4. The molecule has 4 atom stereocenters. The van der Waals surface area contributed by atoms with Crippen LogP contribution in [0.15, 0.2) is 78.9 Å². The zero-order valence-corrected chi connectivity index (χ0v) is 31.0. The average molecular weight is 745 g/mol. The molecule has 0 bridgehead atoms. The van der Waals surface area contributed by atoms with Crippen LogP contribution in [-0.2, 0) is 36.8 Å². The third kappa shape index (κ3) is 12.6. The second-order valence-electron chi connectivity index (χ2n) is 13.2. The van der Waals surface area contributed by atoms with E-state index in [-0.39, 0.29) is 32.4 Å². The van der Waals surface area contributed by atoms with Gasteiger partial charge < -0.3 is 40.6 Å². The van der Waals surface area contributed by atoms with Crippen molar-refractivity contribution in [1.29, 1.82) is 0 Å². The molecule has 1 aliphatic rings. The molecule has 0 aliphatic carbocycles. The number of piperidine rings is 1. The number of ether oxygens (including phenoxy) is 3. The second-order valence-corrected chi connectivity index (χ2v) is 13.2. The van der Waals surface area contributed by atoms with Crippen molar-refractivity contribution in [3.05, 3.63) is 95.6 Å². The highest BCUT2D eigenvalue weighted by molar-refractivity contribution is 5.94. The van der Waals surface area contributed by atoms with Crippen LogP contribution in [0.3, 0.4) is 0 Å². The number of amides is 3. The van der Waals surface area contributed by atoms with Crippen LogP contribution in [0.1, 0.15) is 73.9 Å². The Balaban J connectivity index is 1.48. The molecule has 0 spiro atoms. The molecule has 0 saturated carbocycles. The van der Waals surface area contributed by atoms with E-state index in [9.17, 15) is 29.1 Å². The van der Waals surface area contributed by atoms with Crippen LogP contribution < -0.4 is 25.8 Å². The van der Waals surface area contributed by atoms with Crippen LogP contribution in [0.4, 0.5) is 0 Å². The maximum absolute atomic E-state index is 14.2. The van der Waals surface area contributed by atoms with Gasteiger partial charge in [0.2, 0.25) is 17.7 Å². The molecule has 1 heterocycles. The van der Waals surface area contributed by atoms with Crippen LogP contribution in [0.2, 0.25) is 0 Å². The molecule has 3 aromatic rings. The predicted molar refractivity (Wildman–Crippen MR) is 202 cm³/mol. The average Bonchev–Trinajstić information content (AvgIpc) is 3.18. The third-order valence-electron chi connectivity index (χ3n) is 9.16. The van der Waals surface area contributed by atoms with Crippen molar-refractivity contribution in [3.8, 4) is 11.5 Å². The maximum Gasteiger partial charge on any atom is 0.338 e. The molecule has 3 aromatic carbocycles. The number of carboxylic acids is 1. The number of unbranched alkanes of at least 4 members (excludes halogenated alkanes) is 1. The Hall–Kier alpha value is -5.43. The quantitative estimate of drug-likeness (QED) is 0.0972. The Morgan fingerprint density at radius 3 is 1.93 bits per heavy atom. The van der Waals surface area contributed by atoms with E-state index < -0.39 is 53.8 Å². The van der Waals surface area contributed by atoms with Crippen molar-refractivity contribution in [2.45, 2.75) is 89.4 Å². The highest BCUT2D eigenvalue weighted by Gasteiger charge is 2.37. The molecule has 3 amide bonds. The largest absolute Gasteiger partial charge is 0.494 e. The van der Waals surface area contributed by atoms with E-state index in [1.807, 2.05) is 19.9 Å². The molecule has 1 aliphatic heterocycles. The molecule has 1 saturated heterocycles. The Kier molecular flexibility index (Phi) is 16.3. The summed E-state index contributed by atoms with van der Waals surface area (Å²) < 4.78 is 16.4. The molecular formula is C41H52N4O9. The van der Waals surface area contributed by atoms with Crippen molar-refractivity contribution >= 4 is 29.7 Å².